The first-order valence-electron chi connectivity index (χ1n) is 10.7. The van der Waals surface area contributed by atoms with Crippen LogP contribution in [0.4, 0.5) is 0 Å². The van der Waals surface area contributed by atoms with Gasteiger partial charge in [-0.05, 0) is 56.9 Å². The second-order valence-corrected chi connectivity index (χ2v) is 8.20. The Balaban J connectivity index is 1.33. The van der Waals surface area contributed by atoms with Crippen molar-refractivity contribution in [3.63, 3.8) is 0 Å². The van der Waals surface area contributed by atoms with Gasteiger partial charge in [0.2, 0.25) is 0 Å². The number of ether oxygens (including phenoxy) is 1. The number of amides is 1. The summed E-state index contributed by atoms with van der Waals surface area (Å²) in [7, 11) is 0. The third-order valence-corrected chi connectivity index (χ3v) is 5.58. The minimum Gasteiger partial charge on any atom is -0.491 e. The molecule has 0 aliphatic carbocycles. The predicted molar refractivity (Wildman–Crippen MR) is 118 cm³/mol. The summed E-state index contributed by atoms with van der Waals surface area (Å²) < 4.78 is 7.91. The van der Waals surface area contributed by atoms with Gasteiger partial charge in [0.05, 0.1) is 6.10 Å². The van der Waals surface area contributed by atoms with Crippen LogP contribution in [0, 0.1) is 5.92 Å². The van der Waals surface area contributed by atoms with Crippen LogP contribution < -0.4 is 4.74 Å². The largest absolute Gasteiger partial charge is 0.491 e. The fourth-order valence-corrected chi connectivity index (χ4v) is 4.03. The number of hydrogen-bond acceptors (Lipinski definition) is 3. The van der Waals surface area contributed by atoms with Crippen LogP contribution >= 0.6 is 0 Å². The number of carbonyl (C=O) groups excluding carboxylic acids is 1. The Morgan fingerprint density at radius 3 is 2.43 bits per heavy atom. The van der Waals surface area contributed by atoms with E-state index in [1.54, 1.807) is 0 Å². The van der Waals surface area contributed by atoms with E-state index in [-0.39, 0.29) is 12.0 Å². The molecule has 5 nitrogen and oxygen atoms in total. The topological polar surface area (TPSA) is 47.4 Å². The fourth-order valence-electron chi connectivity index (χ4n) is 4.03. The molecule has 0 spiro atoms. The maximum atomic E-state index is 12.9. The molecule has 0 atom stereocenters. The van der Waals surface area contributed by atoms with Crippen LogP contribution in [0.25, 0.3) is 11.4 Å². The maximum Gasteiger partial charge on any atom is 0.253 e. The van der Waals surface area contributed by atoms with E-state index in [4.69, 9.17) is 4.74 Å². The number of likely N-dealkylation sites (tertiary alicyclic amines) is 1. The number of carbonyl (C=O) groups is 1. The fraction of sp³-hybridized carbons (Fsp3) is 0.360. The molecule has 0 bridgehead atoms. The van der Waals surface area contributed by atoms with Crippen LogP contribution in [-0.2, 0) is 6.54 Å². The van der Waals surface area contributed by atoms with Gasteiger partial charge in [0.15, 0.2) is 0 Å². The van der Waals surface area contributed by atoms with E-state index in [9.17, 15) is 4.79 Å². The van der Waals surface area contributed by atoms with Gasteiger partial charge in [0.1, 0.15) is 11.6 Å². The number of piperidine rings is 1. The summed E-state index contributed by atoms with van der Waals surface area (Å²) >= 11 is 0. The molecule has 0 saturated carbocycles. The molecular formula is C25H29N3O2. The van der Waals surface area contributed by atoms with Gasteiger partial charge in [-0.2, -0.15) is 0 Å². The SMILES string of the molecule is CC(C)Oc1ccc(C(=O)N2CCC(Cn3ccnc3-c3ccccc3)CC2)cc1. The smallest absolute Gasteiger partial charge is 0.253 e. The van der Waals surface area contributed by atoms with Crippen molar-refractivity contribution < 1.29 is 9.53 Å². The van der Waals surface area contributed by atoms with Crippen LogP contribution in [0.5, 0.6) is 5.75 Å². The van der Waals surface area contributed by atoms with E-state index in [0.717, 1.165) is 55.2 Å². The second kappa shape index (κ2) is 9.16. The zero-order valence-electron chi connectivity index (χ0n) is 17.7. The van der Waals surface area contributed by atoms with E-state index in [1.807, 2.05) is 67.4 Å². The quantitative estimate of drug-likeness (QED) is 0.589. The first-order chi connectivity index (χ1) is 14.6. The highest BCUT2D eigenvalue weighted by atomic mass is 16.5. The molecule has 0 radical (unpaired) electrons. The summed E-state index contributed by atoms with van der Waals surface area (Å²) in [5.41, 5.74) is 1.87. The van der Waals surface area contributed by atoms with Crippen LogP contribution in [-0.4, -0.2) is 39.6 Å². The average Bonchev–Trinajstić information content (AvgIpc) is 3.23. The Morgan fingerprint density at radius 1 is 1.07 bits per heavy atom. The summed E-state index contributed by atoms with van der Waals surface area (Å²) in [6, 6.07) is 17.8. The number of aromatic nitrogens is 2. The highest BCUT2D eigenvalue weighted by Crippen LogP contribution is 2.24. The number of nitrogens with zero attached hydrogens (tertiary/aromatic N) is 3. The predicted octanol–water partition coefficient (Wildman–Crippen LogP) is 4.89. The van der Waals surface area contributed by atoms with Gasteiger partial charge in [0, 0.05) is 43.2 Å². The molecule has 30 heavy (non-hydrogen) atoms. The molecule has 5 heteroatoms. The zero-order valence-corrected chi connectivity index (χ0v) is 17.7. The van der Waals surface area contributed by atoms with Gasteiger partial charge in [0.25, 0.3) is 5.91 Å². The van der Waals surface area contributed by atoms with Crippen molar-refractivity contribution in [2.24, 2.45) is 5.92 Å². The standard InChI is InChI=1S/C25H29N3O2/c1-19(2)30-23-10-8-22(9-11-23)25(29)27-15-12-20(13-16-27)18-28-17-14-26-24(28)21-6-4-3-5-7-21/h3-11,14,17,19-20H,12-13,15-16,18H2,1-2H3. The summed E-state index contributed by atoms with van der Waals surface area (Å²) in [6.07, 6.45) is 6.07. The minimum atomic E-state index is 0.108. The van der Waals surface area contributed by atoms with Crippen molar-refractivity contribution in [2.45, 2.75) is 39.3 Å². The first kappa shape index (κ1) is 20.2. The van der Waals surface area contributed by atoms with Crippen molar-refractivity contribution >= 4 is 5.91 Å². The highest BCUT2D eigenvalue weighted by molar-refractivity contribution is 5.94. The Bertz CT molecular complexity index is 956. The third-order valence-electron chi connectivity index (χ3n) is 5.58. The molecule has 2 aromatic carbocycles. The highest BCUT2D eigenvalue weighted by Gasteiger charge is 2.24. The normalized spacial score (nSPS) is 14.8. The third kappa shape index (κ3) is 4.73. The molecule has 3 aromatic rings. The first-order valence-corrected chi connectivity index (χ1v) is 10.7. The molecule has 0 unspecified atom stereocenters. The molecule has 1 aliphatic heterocycles. The minimum absolute atomic E-state index is 0.108. The summed E-state index contributed by atoms with van der Waals surface area (Å²) in [4.78, 5) is 19.4. The van der Waals surface area contributed by atoms with E-state index >= 15 is 0 Å². The molecule has 1 aromatic heterocycles. The molecular weight excluding hydrogens is 374 g/mol. The molecule has 2 heterocycles. The number of hydrogen-bond donors (Lipinski definition) is 0. The van der Waals surface area contributed by atoms with E-state index in [1.165, 1.54) is 0 Å². The molecule has 4 rings (SSSR count). The van der Waals surface area contributed by atoms with Crippen LogP contribution in [0.2, 0.25) is 0 Å². The van der Waals surface area contributed by atoms with E-state index in [0.29, 0.717) is 5.92 Å². The van der Waals surface area contributed by atoms with E-state index < -0.39 is 0 Å². The summed E-state index contributed by atoms with van der Waals surface area (Å²) in [5.74, 6) is 2.47. The van der Waals surface area contributed by atoms with Gasteiger partial charge in [-0.1, -0.05) is 30.3 Å². The number of rotatable bonds is 6. The van der Waals surface area contributed by atoms with Gasteiger partial charge >= 0.3 is 0 Å². The molecule has 1 aliphatic rings. The lowest BCUT2D eigenvalue weighted by molar-refractivity contribution is 0.0683. The second-order valence-electron chi connectivity index (χ2n) is 8.20. The Hall–Kier alpha value is -3.08. The monoisotopic (exact) mass is 403 g/mol. The molecule has 1 fully saturated rings. The lowest BCUT2D eigenvalue weighted by atomic mass is 9.96. The molecule has 156 valence electrons. The number of imidazole rings is 1. The zero-order chi connectivity index (χ0) is 20.9. The van der Waals surface area contributed by atoms with Crippen LogP contribution in [0.1, 0.15) is 37.0 Å². The Morgan fingerprint density at radius 2 is 1.77 bits per heavy atom. The molecule has 1 amide bonds. The van der Waals surface area contributed by atoms with Crippen LogP contribution in [0.15, 0.2) is 67.0 Å². The molecule has 0 N–H and O–H groups in total. The average molecular weight is 404 g/mol. The van der Waals surface area contributed by atoms with Gasteiger partial charge in [-0.3, -0.25) is 4.79 Å². The van der Waals surface area contributed by atoms with Crippen molar-refractivity contribution in [1.29, 1.82) is 0 Å². The van der Waals surface area contributed by atoms with Crippen molar-refractivity contribution in [3.05, 3.63) is 72.6 Å². The number of benzene rings is 2. The van der Waals surface area contributed by atoms with Gasteiger partial charge < -0.3 is 14.2 Å². The van der Waals surface area contributed by atoms with Gasteiger partial charge in [-0.15, -0.1) is 0 Å². The van der Waals surface area contributed by atoms with Crippen LogP contribution in [0.3, 0.4) is 0 Å². The lowest BCUT2D eigenvalue weighted by Gasteiger charge is -2.32. The van der Waals surface area contributed by atoms with Gasteiger partial charge in [-0.25, -0.2) is 4.98 Å². The Kier molecular flexibility index (Phi) is 6.17. The Labute approximate surface area is 178 Å². The van der Waals surface area contributed by atoms with E-state index in [2.05, 4.69) is 27.9 Å². The summed E-state index contributed by atoms with van der Waals surface area (Å²) in [6.45, 7) is 6.52. The van der Waals surface area contributed by atoms with Crippen molar-refractivity contribution in [2.75, 3.05) is 13.1 Å². The lowest BCUT2D eigenvalue weighted by Crippen LogP contribution is -2.39. The summed E-state index contributed by atoms with van der Waals surface area (Å²) in [5, 5.41) is 0. The van der Waals surface area contributed by atoms with Crippen molar-refractivity contribution in [3.8, 4) is 17.1 Å². The molecule has 1 saturated heterocycles. The van der Waals surface area contributed by atoms with Crippen molar-refractivity contribution in [1.82, 2.24) is 14.5 Å². The maximum absolute atomic E-state index is 12.9.